The van der Waals surface area contributed by atoms with Crippen LogP contribution in [0.4, 0.5) is 23.2 Å². The molecule has 2 aromatic heterocycles. The van der Waals surface area contributed by atoms with Gasteiger partial charge in [0.25, 0.3) is 0 Å². The van der Waals surface area contributed by atoms with E-state index in [2.05, 4.69) is 10.2 Å². The van der Waals surface area contributed by atoms with E-state index in [4.69, 9.17) is 11.6 Å². The van der Waals surface area contributed by atoms with E-state index in [0.717, 1.165) is 4.40 Å². The summed E-state index contributed by atoms with van der Waals surface area (Å²) in [6.45, 7) is 3.92. The Hall–Kier alpha value is -2.68. The van der Waals surface area contributed by atoms with Crippen molar-refractivity contribution in [3.05, 3.63) is 58.8 Å². The van der Waals surface area contributed by atoms with Crippen molar-refractivity contribution in [3.8, 4) is 0 Å². The van der Waals surface area contributed by atoms with Gasteiger partial charge in [-0.05, 0) is 23.8 Å². The van der Waals surface area contributed by atoms with E-state index in [0.29, 0.717) is 16.8 Å². The molecule has 4 rings (SSSR count). The normalized spacial score (nSPS) is 15.6. The van der Waals surface area contributed by atoms with Gasteiger partial charge in [0, 0.05) is 29.6 Å². The summed E-state index contributed by atoms with van der Waals surface area (Å²) < 4.78 is 55.3. The van der Waals surface area contributed by atoms with Gasteiger partial charge >= 0.3 is 6.18 Å². The second kappa shape index (κ2) is 6.94. The third kappa shape index (κ3) is 3.30. The molecule has 0 bridgehead atoms. The molecule has 0 aliphatic carbocycles. The van der Waals surface area contributed by atoms with Crippen LogP contribution in [0.3, 0.4) is 0 Å². The SMILES string of the molecule is CC1(C)CN(C(=O)CCl)c2cc(Cc3ccc(F)cc3)n3c(C(F)(F)F)nnc3c21. The smallest absolute Gasteiger partial charge is 0.310 e. The zero-order chi connectivity index (χ0) is 21.8. The first kappa shape index (κ1) is 20.6. The molecule has 5 nitrogen and oxygen atoms in total. The van der Waals surface area contributed by atoms with Gasteiger partial charge in [-0.25, -0.2) is 4.39 Å². The average molecular weight is 441 g/mol. The minimum absolute atomic E-state index is 0.0480. The van der Waals surface area contributed by atoms with E-state index in [1.165, 1.54) is 29.2 Å². The van der Waals surface area contributed by atoms with Crippen molar-refractivity contribution < 1.29 is 22.4 Å². The molecule has 30 heavy (non-hydrogen) atoms. The number of carbonyl (C=O) groups is 1. The largest absolute Gasteiger partial charge is 0.452 e. The minimum Gasteiger partial charge on any atom is -0.310 e. The molecular weight excluding hydrogens is 424 g/mol. The summed E-state index contributed by atoms with van der Waals surface area (Å²) in [5.41, 5.74) is 1.21. The van der Waals surface area contributed by atoms with Gasteiger partial charge in [-0.15, -0.1) is 21.8 Å². The van der Waals surface area contributed by atoms with Crippen molar-refractivity contribution in [2.24, 2.45) is 0 Å². The van der Waals surface area contributed by atoms with E-state index in [1.807, 2.05) is 13.8 Å². The Morgan fingerprint density at radius 3 is 2.47 bits per heavy atom. The third-order valence-electron chi connectivity index (χ3n) is 5.22. The lowest BCUT2D eigenvalue weighted by Gasteiger charge is -2.19. The number of pyridine rings is 1. The lowest BCUT2D eigenvalue weighted by molar-refractivity contribution is -0.145. The van der Waals surface area contributed by atoms with Crippen molar-refractivity contribution >= 4 is 28.8 Å². The molecule has 1 aliphatic heterocycles. The van der Waals surface area contributed by atoms with Crippen LogP contribution in [-0.2, 0) is 22.8 Å². The highest BCUT2D eigenvalue weighted by Gasteiger charge is 2.44. The van der Waals surface area contributed by atoms with Gasteiger partial charge < -0.3 is 4.90 Å². The Bertz CT molecular complexity index is 1140. The maximum absolute atomic E-state index is 13.7. The quantitative estimate of drug-likeness (QED) is 0.449. The van der Waals surface area contributed by atoms with Crippen molar-refractivity contribution in [2.75, 3.05) is 17.3 Å². The molecule has 3 aromatic rings. The number of anilines is 1. The molecule has 0 fully saturated rings. The molecule has 0 saturated heterocycles. The fraction of sp³-hybridized carbons (Fsp3) is 0.350. The van der Waals surface area contributed by atoms with Crippen LogP contribution in [0.15, 0.2) is 30.3 Å². The first-order valence-corrected chi connectivity index (χ1v) is 9.66. The molecule has 0 saturated carbocycles. The molecule has 10 heteroatoms. The van der Waals surface area contributed by atoms with Crippen LogP contribution in [0.2, 0.25) is 0 Å². The number of fused-ring (bicyclic) bond motifs is 3. The van der Waals surface area contributed by atoms with Gasteiger partial charge in [0.2, 0.25) is 11.7 Å². The van der Waals surface area contributed by atoms with Crippen LogP contribution < -0.4 is 4.90 Å². The Labute approximate surface area is 174 Å². The van der Waals surface area contributed by atoms with Crippen molar-refractivity contribution in [2.45, 2.75) is 31.9 Å². The van der Waals surface area contributed by atoms with Crippen molar-refractivity contribution in [1.82, 2.24) is 14.6 Å². The highest BCUT2D eigenvalue weighted by atomic mass is 35.5. The maximum Gasteiger partial charge on any atom is 0.452 e. The first-order chi connectivity index (χ1) is 14.0. The maximum atomic E-state index is 13.7. The Balaban J connectivity index is 2.00. The molecule has 1 aromatic carbocycles. The molecule has 0 N–H and O–H groups in total. The summed E-state index contributed by atoms with van der Waals surface area (Å²) in [5, 5.41) is 7.26. The van der Waals surface area contributed by atoms with E-state index >= 15 is 0 Å². The van der Waals surface area contributed by atoms with Gasteiger partial charge in [0.15, 0.2) is 5.65 Å². The standard InChI is InChI=1S/C20H17ClF4N4O/c1-19(2)10-28(15(30)9-21)14-8-13(7-11-3-5-12(22)6-4-11)29-17(16(14)19)26-27-18(29)20(23,24)25/h3-6,8H,7,9-10H2,1-2H3. The number of amides is 1. The van der Waals surface area contributed by atoms with Gasteiger partial charge in [0.1, 0.15) is 11.7 Å². The van der Waals surface area contributed by atoms with Gasteiger partial charge in [-0.1, -0.05) is 26.0 Å². The molecule has 1 amide bonds. The van der Waals surface area contributed by atoms with Gasteiger partial charge in [-0.3, -0.25) is 9.20 Å². The second-order valence-electron chi connectivity index (χ2n) is 7.88. The average Bonchev–Trinajstić information content (AvgIpc) is 3.22. The monoisotopic (exact) mass is 440 g/mol. The van der Waals surface area contributed by atoms with Crippen LogP contribution in [-0.4, -0.2) is 32.9 Å². The highest BCUT2D eigenvalue weighted by Crippen LogP contribution is 2.44. The van der Waals surface area contributed by atoms with E-state index in [-0.39, 0.29) is 36.1 Å². The Kier molecular flexibility index (Phi) is 4.76. The summed E-state index contributed by atoms with van der Waals surface area (Å²) in [6.07, 6.45) is -4.66. The lowest BCUT2D eigenvalue weighted by Crippen LogP contribution is -2.34. The number of carbonyl (C=O) groups excluding carboxylic acids is 1. The number of halogens is 5. The summed E-state index contributed by atoms with van der Waals surface area (Å²) in [4.78, 5) is 13.9. The van der Waals surface area contributed by atoms with E-state index in [1.54, 1.807) is 6.07 Å². The van der Waals surface area contributed by atoms with Crippen LogP contribution in [0.25, 0.3) is 5.65 Å². The number of alkyl halides is 4. The zero-order valence-corrected chi connectivity index (χ0v) is 16.9. The molecule has 0 spiro atoms. The van der Waals surface area contributed by atoms with Crippen LogP contribution >= 0.6 is 11.6 Å². The molecule has 158 valence electrons. The predicted octanol–water partition coefficient (Wildman–Crippen LogP) is 4.34. The fourth-order valence-electron chi connectivity index (χ4n) is 3.97. The first-order valence-electron chi connectivity index (χ1n) is 9.12. The molecular formula is C20H17ClF4N4O. The van der Waals surface area contributed by atoms with Crippen LogP contribution in [0.1, 0.15) is 36.5 Å². The van der Waals surface area contributed by atoms with Crippen molar-refractivity contribution in [1.29, 1.82) is 0 Å². The summed E-state index contributed by atoms with van der Waals surface area (Å²) in [6, 6.07) is 7.02. The van der Waals surface area contributed by atoms with Gasteiger partial charge in [0.05, 0.1) is 5.69 Å². The number of aromatic nitrogens is 3. The van der Waals surface area contributed by atoms with Crippen LogP contribution in [0, 0.1) is 5.82 Å². The Morgan fingerprint density at radius 2 is 1.87 bits per heavy atom. The topological polar surface area (TPSA) is 50.5 Å². The predicted molar refractivity (Wildman–Crippen MR) is 103 cm³/mol. The number of benzene rings is 1. The van der Waals surface area contributed by atoms with Crippen LogP contribution in [0.5, 0.6) is 0 Å². The number of hydrogen-bond donors (Lipinski definition) is 0. The van der Waals surface area contributed by atoms with E-state index in [9.17, 15) is 22.4 Å². The number of hydrogen-bond acceptors (Lipinski definition) is 3. The summed E-state index contributed by atoms with van der Waals surface area (Å²) in [5.74, 6) is -2.20. The zero-order valence-electron chi connectivity index (χ0n) is 16.1. The number of rotatable bonds is 3. The van der Waals surface area contributed by atoms with E-state index < -0.39 is 23.2 Å². The second-order valence-corrected chi connectivity index (χ2v) is 8.14. The summed E-state index contributed by atoms with van der Waals surface area (Å²) >= 11 is 5.75. The number of nitrogens with zero attached hydrogens (tertiary/aromatic N) is 4. The Morgan fingerprint density at radius 1 is 1.20 bits per heavy atom. The molecule has 3 heterocycles. The molecule has 0 atom stereocenters. The fourth-order valence-corrected chi connectivity index (χ4v) is 4.11. The molecule has 0 unspecified atom stereocenters. The lowest BCUT2D eigenvalue weighted by atomic mass is 9.87. The van der Waals surface area contributed by atoms with Gasteiger partial charge in [-0.2, -0.15) is 13.2 Å². The summed E-state index contributed by atoms with van der Waals surface area (Å²) in [7, 11) is 0. The van der Waals surface area contributed by atoms with Crippen molar-refractivity contribution in [3.63, 3.8) is 0 Å². The molecule has 1 aliphatic rings. The molecule has 0 radical (unpaired) electrons. The minimum atomic E-state index is -4.72. The highest BCUT2D eigenvalue weighted by molar-refractivity contribution is 6.29. The third-order valence-corrected chi connectivity index (χ3v) is 5.45.